The first-order valence-corrected chi connectivity index (χ1v) is 9.23. The molecule has 1 fully saturated rings. The van der Waals surface area contributed by atoms with E-state index in [0.29, 0.717) is 0 Å². The molecule has 3 rings (SSSR count). The molecule has 0 bridgehead atoms. The van der Waals surface area contributed by atoms with Gasteiger partial charge in [-0.05, 0) is 25.8 Å². The van der Waals surface area contributed by atoms with Crippen molar-refractivity contribution in [2.45, 2.75) is 26.3 Å². The van der Waals surface area contributed by atoms with Gasteiger partial charge in [-0.1, -0.05) is 0 Å². The number of anilines is 1. The van der Waals surface area contributed by atoms with Crippen molar-refractivity contribution in [1.29, 1.82) is 0 Å². The van der Waals surface area contributed by atoms with Crippen LogP contribution in [-0.2, 0) is 6.54 Å². The fourth-order valence-electron chi connectivity index (χ4n) is 3.15. The summed E-state index contributed by atoms with van der Waals surface area (Å²) in [4.78, 5) is 21.9. The lowest BCUT2D eigenvalue weighted by Crippen LogP contribution is -2.53. The number of unbranched alkanes of at least 4 members (excludes halogenated alkanes) is 1. The summed E-state index contributed by atoms with van der Waals surface area (Å²) in [5, 5.41) is 3.49. The van der Waals surface area contributed by atoms with E-state index in [2.05, 4.69) is 39.6 Å². The number of hydrogen-bond donors (Lipinski definition) is 1. The number of piperazine rings is 1. The van der Waals surface area contributed by atoms with Crippen LogP contribution in [0.15, 0.2) is 35.8 Å². The Morgan fingerprint density at radius 1 is 1.08 bits per heavy atom. The van der Waals surface area contributed by atoms with Crippen LogP contribution in [-0.4, -0.2) is 70.1 Å². The first-order chi connectivity index (χ1) is 12.8. The molecule has 0 saturated carbocycles. The van der Waals surface area contributed by atoms with E-state index in [9.17, 15) is 0 Å². The Balaban J connectivity index is 1.37. The average Bonchev–Trinajstić information content (AvgIpc) is 3.10. The van der Waals surface area contributed by atoms with Crippen molar-refractivity contribution in [2.24, 2.45) is 4.99 Å². The predicted octanol–water partition coefficient (Wildman–Crippen LogP) is 1.16. The lowest BCUT2D eigenvalue weighted by Gasteiger charge is -2.36. The maximum Gasteiger partial charge on any atom is 0.225 e. The number of imidazole rings is 1. The topological polar surface area (TPSA) is 74.5 Å². The normalized spacial score (nSPS) is 15.4. The van der Waals surface area contributed by atoms with E-state index in [1.165, 1.54) is 0 Å². The van der Waals surface area contributed by atoms with Crippen LogP contribution in [0.2, 0.25) is 0 Å². The minimum Gasteiger partial charge on any atom is -0.356 e. The highest BCUT2D eigenvalue weighted by molar-refractivity contribution is 5.80. The Kier molecular flexibility index (Phi) is 6.40. The molecule has 0 radical (unpaired) electrons. The van der Waals surface area contributed by atoms with Crippen LogP contribution in [0.1, 0.15) is 18.7 Å². The molecule has 8 nitrogen and oxygen atoms in total. The molecule has 0 spiro atoms. The number of rotatable bonds is 6. The Morgan fingerprint density at radius 2 is 1.85 bits per heavy atom. The first-order valence-electron chi connectivity index (χ1n) is 9.23. The third-order valence-electron chi connectivity index (χ3n) is 4.66. The summed E-state index contributed by atoms with van der Waals surface area (Å²) in [6.07, 6.45) is 9.71. The van der Waals surface area contributed by atoms with Gasteiger partial charge in [-0.2, -0.15) is 0 Å². The van der Waals surface area contributed by atoms with E-state index < -0.39 is 0 Å². The van der Waals surface area contributed by atoms with Crippen molar-refractivity contribution in [3.05, 3.63) is 36.7 Å². The Bertz CT molecular complexity index is 688. The molecular formula is C18H28N8. The molecule has 140 valence electrons. The molecule has 0 atom stereocenters. The second-order valence-electron chi connectivity index (χ2n) is 6.37. The van der Waals surface area contributed by atoms with Gasteiger partial charge in [0.1, 0.15) is 5.82 Å². The molecule has 1 aliphatic heterocycles. The number of aryl methyl sites for hydroxylation is 2. The summed E-state index contributed by atoms with van der Waals surface area (Å²) in [6, 6.07) is 1.85. The molecule has 2 aromatic heterocycles. The van der Waals surface area contributed by atoms with E-state index in [4.69, 9.17) is 0 Å². The van der Waals surface area contributed by atoms with E-state index in [1.54, 1.807) is 12.4 Å². The van der Waals surface area contributed by atoms with E-state index >= 15 is 0 Å². The molecule has 8 heteroatoms. The first kappa shape index (κ1) is 18.2. The maximum absolute atomic E-state index is 4.44. The van der Waals surface area contributed by atoms with Gasteiger partial charge in [0.15, 0.2) is 5.96 Å². The predicted molar refractivity (Wildman–Crippen MR) is 103 cm³/mol. The SMILES string of the molecule is CN=C(NCCCCn1ccnc1C)N1CCN(c2ncccn2)CC1. The Labute approximate surface area is 155 Å². The van der Waals surface area contributed by atoms with Gasteiger partial charge >= 0.3 is 0 Å². The van der Waals surface area contributed by atoms with Crippen LogP contribution in [0, 0.1) is 6.92 Å². The van der Waals surface area contributed by atoms with Crippen LogP contribution >= 0.6 is 0 Å². The molecule has 0 amide bonds. The summed E-state index contributed by atoms with van der Waals surface area (Å²) in [5.41, 5.74) is 0. The zero-order chi connectivity index (χ0) is 18.2. The number of hydrogen-bond acceptors (Lipinski definition) is 5. The summed E-state index contributed by atoms with van der Waals surface area (Å²) in [6.45, 7) is 7.65. The van der Waals surface area contributed by atoms with Crippen LogP contribution in [0.3, 0.4) is 0 Å². The number of aliphatic imine (C=N–C) groups is 1. The highest BCUT2D eigenvalue weighted by atomic mass is 15.4. The molecule has 2 aromatic rings. The summed E-state index contributed by atoms with van der Waals surface area (Å²) < 4.78 is 2.19. The van der Waals surface area contributed by atoms with Crippen molar-refractivity contribution in [1.82, 2.24) is 29.7 Å². The Morgan fingerprint density at radius 3 is 2.50 bits per heavy atom. The zero-order valence-electron chi connectivity index (χ0n) is 15.7. The lowest BCUT2D eigenvalue weighted by atomic mass is 10.3. The third kappa shape index (κ3) is 4.71. The molecule has 0 aromatic carbocycles. The standard InChI is InChI=1S/C18H28N8/c1-16-20-9-11-24(16)10-4-3-6-21-17(19-2)25-12-14-26(15-13-25)18-22-7-5-8-23-18/h5,7-9,11H,3-4,6,10,12-15H2,1-2H3,(H,19,21). The molecule has 1 saturated heterocycles. The van der Waals surface area contributed by atoms with Gasteiger partial charge in [0, 0.05) is 71.1 Å². The summed E-state index contributed by atoms with van der Waals surface area (Å²) in [5.74, 6) is 2.87. The number of nitrogens with one attached hydrogen (secondary N) is 1. The fourth-order valence-corrected chi connectivity index (χ4v) is 3.15. The minimum absolute atomic E-state index is 0.810. The van der Waals surface area contributed by atoms with Crippen LogP contribution in [0.5, 0.6) is 0 Å². The van der Waals surface area contributed by atoms with Crippen molar-refractivity contribution < 1.29 is 0 Å². The van der Waals surface area contributed by atoms with Gasteiger partial charge in [0.2, 0.25) is 5.95 Å². The molecule has 26 heavy (non-hydrogen) atoms. The monoisotopic (exact) mass is 356 g/mol. The summed E-state index contributed by atoms with van der Waals surface area (Å²) in [7, 11) is 1.85. The highest BCUT2D eigenvalue weighted by Crippen LogP contribution is 2.09. The fraction of sp³-hybridized carbons (Fsp3) is 0.556. The van der Waals surface area contributed by atoms with Crippen molar-refractivity contribution in [2.75, 3.05) is 44.7 Å². The van der Waals surface area contributed by atoms with Crippen molar-refractivity contribution in [3.63, 3.8) is 0 Å². The van der Waals surface area contributed by atoms with E-state index in [-0.39, 0.29) is 0 Å². The van der Waals surface area contributed by atoms with Crippen LogP contribution in [0.4, 0.5) is 5.95 Å². The molecule has 1 N–H and O–H groups in total. The smallest absolute Gasteiger partial charge is 0.225 e. The lowest BCUT2D eigenvalue weighted by molar-refractivity contribution is 0.369. The molecular weight excluding hydrogens is 328 g/mol. The molecule has 0 unspecified atom stereocenters. The van der Waals surface area contributed by atoms with E-state index in [1.807, 2.05) is 32.4 Å². The minimum atomic E-state index is 0.810. The second-order valence-corrected chi connectivity index (χ2v) is 6.37. The molecule has 0 aliphatic carbocycles. The molecule has 3 heterocycles. The van der Waals surface area contributed by atoms with Crippen molar-refractivity contribution in [3.8, 4) is 0 Å². The largest absolute Gasteiger partial charge is 0.356 e. The third-order valence-corrected chi connectivity index (χ3v) is 4.66. The Hall–Kier alpha value is -2.64. The van der Waals surface area contributed by atoms with Crippen molar-refractivity contribution >= 4 is 11.9 Å². The number of nitrogens with zero attached hydrogens (tertiary/aromatic N) is 7. The van der Waals surface area contributed by atoms with Gasteiger partial charge < -0.3 is 19.7 Å². The van der Waals surface area contributed by atoms with Gasteiger partial charge in [-0.25, -0.2) is 15.0 Å². The van der Waals surface area contributed by atoms with Crippen LogP contribution < -0.4 is 10.2 Å². The average molecular weight is 356 g/mol. The van der Waals surface area contributed by atoms with Crippen LogP contribution in [0.25, 0.3) is 0 Å². The maximum atomic E-state index is 4.44. The molecule has 1 aliphatic rings. The second kappa shape index (κ2) is 9.17. The van der Waals surface area contributed by atoms with Gasteiger partial charge in [-0.3, -0.25) is 4.99 Å². The highest BCUT2D eigenvalue weighted by Gasteiger charge is 2.20. The number of guanidine groups is 1. The van der Waals surface area contributed by atoms with Gasteiger partial charge in [0.25, 0.3) is 0 Å². The number of aromatic nitrogens is 4. The quantitative estimate of drug-likeness (QED) is 0.476. The van der Waals surface area contributed by atoms with Gasteiger partial charge in [-0.15, -0.1) is 0 Å². The zero-order valence-corrected chi connectivity index (χ0v) is 15.7. The van der Waals surface area contributed by atoms with Gasteiger partial charge in [0.05, 0.1) is 0 Å². The van der Waals surface area contributed by atoms with E-state index in [0.717, 1.165) is 69.8 Å². The summed E-state index contributed by atoms with van der Waals surface area (Å²) >= 11 is 0.